The largest absolute Gasteiger partial charge is 0.493 e. The zero-order chi connectivity index (χ0) is 22.6. The fourth-order valence-corrected chi connectivity index (χ4v) is 5.69. The third-order valence-corrected chi connectivity index (χ3v) is 7.48. The first-order chi connectivity index (χ1) is 16.3. The van der Waals surface area contributed by atoms with E-state index in [0.29, 0.717) is 6.54 Å². The van der Waals surface area contributed by atoms with Crippen molar-refractivity contribution in [1.82, 2.24) is 30.0 Å². The van der Waals surface area contributed by atoms with Gasteiger partial charge in [0.25, 0.3) is 0 Å². The van der Waals surface area contributed by atoms with Crippen molar-refractivity contribution in [3.05, 3.63) is 29.6 Å². The lowest BCUT2D eigenvalue weighted by atomic mass is 10.0. The minimum Gasteiger partial charge on any atom is -0.493 e. The number of ether oxygens (including phenoxy) is 3. The molecule has 0 spiro atoms. The van der Waals surface area contributed by atoms with E-state index in [1.165, 1.54) is 25.7 Å². The second kappa shape index (κ2) is 11.7. The number of halogens is 1. The van der Waals surface area contributed by atoms with E-state index in [2.05, 4.69) is 37.5 Å². The molecule has 0 bridgehead atoms. The summed E-state index contributed by atoms with van der Waals surface area (Å²) in [6.45, 7) is 5.66. The van der Waals surface area contributed by atoms with Gasteiger partial charge in [0.2, 0.25) is 0 Å². The number of benzene rings is 1. The quantitative estimate of drug-likeness (QED) is 0.556. The minimum atomic E-state index is -0.0491. The Morgan fingerprint density at radius 1 is 1.00 bits per heavy atom. The SMILES string of the molecule is COc1ccc(C(c2nnnn2CC2CCCO2)N2CCN(C3CCCC3)CC2)cc1OC.Cl. The van der Waals surface area contributed by atoms with E-state index in [9.17, 15) is 0 Å². The summed E-state index contributed by atoms with van der Waals surface area (Å²) in [6, 6.07) is 6.87. The van der Waals surface area contributed by atoms with E-state index < -0.39 is 0 Å². The van der Waals surface area contributed by atoms with Crippen LogP contribution < -0.4 is 9.47 Å². The number of rotatable bonds is 8. The molecule has 10 heteroatoms. The normalized spacial score (nSPS) is 23.1. The molecule has 3 fully saturated rings. The van der Waals surface area contributed by atoms with Crippen LogP contribution in [0.4, 0.5) is 0 Å². The van der Waals surface area contributed by atoms with Crippen LogP contribution in [-0.2, 0) is 11.3 Å². The zero-order valence-corrected chi connectivity index (χ0v) is 21.1. The highest BCUT2D eigenvalue weighted by Gasteiger charge is 2.34. The molecule has 2 atom stereocenters. The van der Waals surface area contributed by atoms with Gasteiger partial charge >= 0.3 is 0 Å². The molecule has 2 saturated heterocycles. The van der Waals surface area contributed by atoms with Gasteiger partial charge in [0, 0.05) is 38.8 Å². The lowest BCUT2D eigenvalue weighted by molar-refractivity contribution is 0.0719. The molecular weight excluding hydrogens is 456 g/mol. The molecule has 1 aromatic heterocycles. The van der Waals surface area contributed by atoms with Gasteiger partial charge in [-0.3, -0.25) is 9.80 Å². The van der Waals surface area contributed by atoms with Crippen molar-refractivity contribution in [2.45, 2.75) is 63.3 Å². The van der Waals surface area contributed by atoms with Crippen LogP contribution in [0.2, 0.25) is 0 Å². The second-order valence-electron chi connectivity index (χ2n) is 9.38. The zero-order valence-electron chi connectivity index (χ0n) is 20.3. The summed E-state index contributed by atoms with van der Waals surface area (Å²) in [5.74, 6) is 2.32. The molecule has 0 N–H and O–H groups in total. The van der Waals surface area contributed by atoms with E-state index in [4.69, 9.17) is 14.2 Å². The summed E-state index contributed by atoms with van der Waals surface area (Å²) in [7, 11) is 3.35. The third kappa shape index (κ3) is 5.32. The Labute approximate surface area is 208 Å². The first kappa shape index (κ1) is 25.2. The molecule has 34 heavy (non-hydrogen) atoms. The molecule has 3 heterocycles. The van der Waals surface area contributed by atoms with E-state index in [1.807, 2.05) is 10.7 Å². The van der Waals surface area contributed by atoms with Crippen molar-refractivity contribution < 1.29 is 14.2 Å². The van der Waals surface area contributed by atoms with Crippen LogP contribution in [0, 0.1) is 0 Å². The van der Waals surface area contributed by atoms with Gasteiger partial charge in [-0.2, -0.15) is 0 Å². The van der Waals surface area contributed by atoms with Crippen LogP contribution in [0.5, 0.6) is 11.5 Å². The number of hydrogen-bond donors (Lipinski definition) is 0. The van der Waals surface area contributed by atoms with Gasteiger partial charge in [0.15, 0.2) is 17.3 Å². The van der Waals surface area contributed by atoms with Gasteiger partial charge in [0.05, 0.1) is 32.9 Å². The Hall–Kier alpha value is -1.94. The van der Waals surface area contributed by atoms with Gasteiger partial charge in [-0.25, -0.2) is 4.68 Å². The fourth-order valence-electron chi connectivity index (χ4n) is 5.69. The Morgan fingerprint density at radius 3 is 2.44 bits per heavy atom. The van der Waals surface area contributed by atoms with Gasteiger partial charge in [-0.05, 0) is 53.8 Å². The predicted molar refractivity (Wildman–Crippen MR) is 131 cm³/mol. The van der Waals surface area contributed by atoms with Gasteiger partial charge in [-0.1, -0.05) is 18.9 Å². The van der Waals surface area contributed by atoms with E-state index in [0.717, 1.165) is 74.6 Å². The molecule has 1 saturated carbocycles. The molecule has 5 rings (SSSR count). The summed E-state index contributed by atoms with van der Waals surface area (Å²) < 4.78 is 18.9. The first-order valence-corrected chi connectivity index (χ1v) is 12.3. The number of methoxy groups -OCH3 is 2. The number of nitrogens with zero attached hydrogens (tertiary/aromatic N) is 6. The second-order valence-corrected chi connectivity index (χ2v) is 9.38. The number of piperazine rings is 1. The van der Waals surface area contributed by atoms with Crippen molar-refractivity contribution in [3.8, 4) is 11.5 Å². The Balaban J connectivity index is 0.00000274. The number of tetrazole rings is 1. The maximum Gasteiger partial charge on any atom is 0.173 e. The first-order valence-electron chi connectivity index (χ1n) is 12.3. The van der Waals surface area contributed by atoms with Crippen LogP contribution in [0.25, 0.3) is 0 Å². The molecule has 0 amide bonds. The maximum atomic E-state index is 5.88. The molecule has 0 radical (unpaired) electrons. The topological polar surface area (TPSA) is 77.8 Å². The van der Waals surface area contributed by atoms with E-state index in [1.54, 1.807) is 14.2 Å². The Bertz CT molecular complexity index is 908. The highest BCUT2D eigenvalue weighted by Crippen LogP contribution is 2.36. The molecule has 3 aliphatic rings. The van der Waals surface area contributed by atoms with Crippen LogP contribution in [-0.4, -0.2) is 89.2 Å². The standard InChI is InChI=1S/C24H36N6O3.ClH/c1-31-21-10-9-18(16-22(21)32-2)23(24-25-26-27-30(24)17-20-8-5-15-33-20)29-13-11-28(12-14-29)19-6-3-4-7-19;/h9-10,16,19-20,23H,3-8,11-15,17H2,1-2H3;1H. The average molecular weight is 493 g/mol. The van der Waals surface area contributed by atoms with Gasteiger partial charge < -0.3 is 14.2 Å². The van der Waals surface area contributed by atoms with Crippen molar-refractivity contribution >= 4 is 12.4 Å². The molecule has 1 aliphatic carbocycles. The van der Waals surface area contributed by atoms with Crippen molar-refractivity contribution in [1.29, 1.82) is 0 Å². The van der Waals surface area contributed by atoms with Crippen LogP contribution in [0.15, 0.2) is 18.2 Å². The Morgan fingerprint density at radius 2 is 1.76 bits per heavy atom. The summed E-state index contributed by atoms with van der Waals surface area (Å²) in [4.78, 5) is 5.20. The molecule has 2 unspecified atom stereocenters. The smallest absolute Gasteiger partial charge is 0.173 e. The lowest BCUT2D eigenvalue weighted by Gasteiger charge is -2.41. The molecular formula is C24H37ClN6O3. The predicted octanol–water partition coefficient (Wildman–Crippen LogP) is 2.94. The summed E-state index contributed by atoms with van der Waals surface area (Å²) in [5, 5.41) is 13.0. The number of hydrogen-bond acceptors (Lipinski definition) is 8. The van der Waals surface area contributed by atoms with Crippen LogP contribution in [0.1, 0.15) is 56.0 Å². The fraction of sp³-hybridized carbons (Fsp3) is 0.708. The molecule has 1 aromatic carbocycles. The van der Waals surface area contributed by atoms with E-state index >= 15 is 0 Å². The van der Waals surface area contributed by atoms with E-state index in [-0.39, 0.29) is 24.6 Å². The van der Waals surface area contributed by atoms with Crippen molar-refractivity contribution in [2.24, 2.45) is 0 Å². The van der Waals surface area contributed by atoms with Crippen molar-refractivity contribution in [2.75, 3.05) is 47.0 Å². The van der Waals surface area contributed by atoms with Gasteiger partial charge in [0.1, 0.15) is 0 Å². The summed E-state index contributed by atoms with van der Waals surface area (Å²) in [5.41, 5.74) is 1.12. The molecule has 2 aromatic rings. The Kier molecular flexibility index (Phi) is 8.63. The van der Waals surface area contributed by atoms with Crippen LogP contribution in [0.3, 0.4) is 0 Å². The average Bonchev–Trinajstić information content (AvgIpc) is 3.64. The summed E-state index contributed by atoms with van der Waals surface area (Å²) in [6.07, 6.45) is 7.77. The molecule has 2 aliphatic heterocycles. The highest BCUT2D eigenvalue weighted by atomic mass is 35.5. The maximum absolute atomic E-state index is 5.88. The van der Waals surface area contributed by atoms with Gasteiger partial charge in [-0.15, -0.1) is 17.5 Å². The van der Waals surface area contributed by atoms with Crippen LogP contribution >= 0.6 is 12.4 Å². The lowest BCUT2D eigenvalue weighted by Crippen LogP contribution is -2.51. The monoisotopic (exact) mass is 492 g/mol. The third-order valence-electron chi connectivity index (χ3n) is 7.48. The summed E-state index contributed by atoms with van der Waals surface area (Å²) >= 11 is 0. The molecule has 9 nitrogen and oxygen atoms in total. The molecule has 188 valence electrons. The number of aromatic nitrogens is 4. The minimum absolute atomic E-state index is 0. The highest BCUT2D eigenvalue weighted by molar-refractivity contribution is 5.85. The van der Waals surface area contributed by atoms with Crippen molar-refractivity contribution in [3.63, 3.8) is 0 Å².